The third-order valence-corrected chi connectivity index (χ3v) is 6.51. The first-order valence-electron chi connectivity index (χ1n) is 12.5. The van der Waals surface area contributed by atoms with E-state index >= 15 is 0 Å². The molecule has 0 radical (unpaired) electrons. The fourth-order valence-electron chi connectivity index (χ4n) is 4.30. The van der Waals surface area contributed by atoms with E-state index in [2.05, 4.69) is 17.1 Å². The summed E-state index contributed by atoms with van der Waals surface area (Å²) in [4.78, 5) is 41.0. The van der Waals surface area contributed by atoms with Gasteiger partial charge in [-0.3, -0.25) is 14.5 Å². The topological polar surface area (TPSA) is 102 Å². The van der Waals surface area contributed by atoms with Crippen LogP contribution >= 0.6 is 0 Å². The second-order valence-corrected chi connectivity index (χ2v) is 9.09. The molecule has 0 bridgehead atoms. The summed E-state index contributed by atoms with van der Waals surface area (Å²) >= 11 is 0. The van der Waals surface area contributed by atoms with Crippen LogP contribution in [0.1, 0.15) is 43.0 Å². The Kier molecular flexibility index (Phi) is 12.1. The van der Waals surface area contributed by atoms with Crippen molar-refractivity contribution >= 4 is 17.8 Å². The summed E-state index contributed by atoms with van der Waals surface area (Å²) in [5.74, 6) is -1.99. The number of methoxy groups -OCH3 is 1. The molecule has 0 aliphatic carbocycles. The second kappa shape index (κ2) is 14.8. The summed E-state index contributed by atoms with van der Waals surface area (Å²) < 4.78 is 37.0. The van der Waals surface area contributed by atoms with E-state index in [1.807, 2.05) is 28.0 Å². The van der Waals surface area contributed by atoms with Crippen LogP contribution in [0.3, 0.4) is 0 Å². The van der Waals surface area contributed by atoms with Crippen molar-refractivity contribution in [2.75, 3.05) is 59.5 Å². The molecule has 2 N–H and O–H groups in total. The molecule has 3 rings (SSSR count). The molecule has 37 heavy (non-hydrogen) atoms. The summed E-state index contributed by atoms with van der Waals surface area (Å²) in [6, 6.07) is 7.82. The number of piperidine rings is 1. The van der Waals surface area contributed by atoms with Gasteiger partial charge >= 0.3 is 12.1 Å². The zero-order valence-electron chi connectivity index (χ0n) is 21.4. The third-order valence-electron chi connectivity index (χ3n) is 6.51. The zero-order chi connectivity index (χ0) is 27.4. The number of nitrogens with one attached hydrogen (secondary N) is 1. The normalized spacial score (nSPS) is 18.4. The number of rotatable bonds is 8. The number of ether oxygens (including phenoxy) is 1. The molecule has 1 unspecified atom stereocenters. The molecule has 0 saturated carbocycles. The molecule has 208 valence electrons. The van der Waals surface area contributed by atoms with Crippen molar-refractivity contribution in [2.45, 2.75) is 44.8 Å². The van der Waals surface area contributed by atoms with Gasteiger partial charge in [0.2, 0.25) is 5.91 Å². The van der Waals surface area contributed by atoms with E-state index in [-0.39, 0.29) is 11.8 Å². The zero-order valence-corrected chi connectivity index (χ0v) is 21.4. The number of carbonyl (C=O) groups is 3. The van der Waals surface area contributed by atoms with Crippen LogP contribution in [0.4, 0.5) is 13.2 Å². The van der Waals surface area contributed by atoms with Crippen molar-refractivity contribution in [2.24, 2.45) is 0 Å². The van der Waals surface area contributed by atoms with E-state index in [0.29, 0.717) is 36.9 Å². The predicted octanol–water partition coefficient (Wildman–Crippen LogP) is 2.47. The van der Waals surface area contributed by atoms with Gasteiger partial charge in [-0.2, -0.15) is 13.2 Å². The molecule has 1 aromatic rings. The van der Waals surface area contributed by atoms with Gasteiger partial charge in [-0.25, -0.2) is 4.79 Å². The first kappa shape index (κ1) is 30.4. The van der Waals surface area contributed by atoms with Crippen LogP contribution in [0.2, 0.25) is 0 Å². The Morgan fingerprint density at radius 3 is 2.41 bits per heavy atom. The summed E-state index contributed by atoms with van der Waals surface area (Å²) in [6.07, 6.45) is -1.00. The lowest BCUT2D eigenvalue weighted by Gasteiger charge is -2.35. The molecular formula is C25H37F3N4O5. The average Bonchev–Trinajstić information content (AvgIpc) is 2.89. The molecule has 2 aliphatic rings. The fourth-order valence-corrected chi connectivity index (χ4v) is 4.30. The Bertz CT molecular complexity index is 893. The summed E-state index contributed by atoms with van der Waals surface area (Å²) in [7, 11) is 1.60. The molecule has 0 spiro atoms. The Morgan fingerprint density at radius 2 is 1.81 bits per heavy atom. The van der Waals surface area contributed by atoms with E-state index < -0.39 is 12.1 Å². The third kappa shape index (κ3) is 10.2. The van der Waals surface area contributed by atoms with Gasteiger partial charge in [0.15, 0.2) is 0 Å². The number of carboxylic acid groups (broad SMARTS) is 1. The van der Waals surface area contributed by atoms with Crippen molar-refractivity contribution in [3.8, 4) is 5.75 Å². The number of amides is 2. The maximum Gasteiger partial charge on any atom is 0.490 e. The quantitative estimate of drug-likeness (QED) is 0.533. The van der Waals surface area contributed by atoms with Crippen LogP contribution in [0, 0.1) is 0 Å². The number of hydrogen-bond acceptors (Lipinski definition) is 6. The first-order chi connectivity index (χ1) is 17.5. The van der Waals surface area contributed by atoms with Gasteiger partial charge < -0.3 is 25.0 Å². The van der Waals surface area contributed by atoms with Gasteiger partial charge in [-0.05, 0) is 44.5 Å². The monoisotopic (exact) mass is 530 g/mol. The van der Waals surface area contributed by atoms with Gasteiger partial charge in [-0.1, -0.05) is 12.5 Å². The molecule has 2 amide bonds. The van der Waals surface area contributed by atoms with Crippen LogP contribution in [0.15, 0.2) is 24.3 Å². The van der Waals surface area contributed by atoms with E-state index in [1.54, 1.807) is 13.2 Å². The van der Waals surface area contributed by atoms with Crippen molar-refractivity contribution < 1.29 is 37.4 Å². The van der Waals surface area contributed by atoms with Crippen molar-refractivity contribution in [1.29, 1.82) is 0 Å². The number of carboxylic acids is 1. The van der Waals surface area contributed by atoms with E-state index in [0.717, 1.165) is 39.3 Å². The van der Waals surface area contributed by atoms with Gasteiger partial charge in [0.1, 0.15) is 5.75 Å². The number of likely N-dealkylation sites (tertiary alicyclic amines) is 1. The van der Waals surface area contributed by atoms with Crippen LogP contribution < -0.4 is 10.1 Å². The standard InChI is InChI=1S/C23H36N4O3.C2HF3O2/c1-19-6-3-4-12-25(19)16-17-27(13-9-22(28)26-14-10-24-11-15-26)23(29)20-7-5-8-21(18-20)30-2;3-2(4,5)1(6)7/h5,7-8,18-19,24H,3-4,6,9-17H2,1-2H3;(H,6,7). The second-order valence-electron chi connectivity index (χ2n) is 9.09. The predicted molar refractivity (Wildman–Crippen MR) is 132 cm³/mol. The lowest BCUT2D eigenvalue weighted by molar-refractivity contribution is -0.192. The van der Waals surface area contributed by atoms with E-state index in [9.17, 15) is 22.8 Å². The largest absolute Gasteiger partial charge is 0.497 e. The number of piperazine rings is 1. The van der Waals surface area contributed by atoms with Gasteiger partial charge in [-0.15, -0.1) is 0 Å². The molecule has 2 heterocycles. The van der Waals surface area contributed by atoms with E-state index in [4.69, 9.17) is 14.6 Å². The molecule has 9 nitrogen and oxygen atoms in total. The summed E-state index contributed by atoms with van der Waals surface area (Å²) in [6.45, 7) is 8.44. The Balaban J connectivity index is 0.000000604. The highest BCUT2D eigenvalue weighted by atomic mass is 19.4. The molecular weight excluding hydrogens is 493 g/mol. The molecule has 2 saturated heterocycles. The summed E-state index contributed by atoms with van der Waals surface area (Å²) in [5.41, 5.74) is 0.607. The van der Waals surface area contributed by atoms with Crippen LogP contribution in [0.5, 0.6) is 5.75 Å². The lowest BCUT2D eigenvalue weighted by atomic mass is 10.0. The van der Waals surface area contributed by atoms with Crippen molar-refractivity contribution in [1.82, 2.24) is 20.0 Å². The smallest absolute Gasteiger partial charge is 0.490 e. The molecule has 2 aliphatic heterocycles. The van der Waals surface area contributed by atoms with E-state index in [1.165, 1.54) is 19.3 Å². The minimum absolute atomic E-state index is 0.0355. The van der Waals surface area contributed by atoms with Gasteiger partial charge in [0.25, 0.3) is 5.91 Å². The number of halogens is 3. The number of hydrogen-bond donors (Lipinski definition) is 2. The average molecular weight is 531 g/mol. The number of aliphatic carboxylic acids is 1. The van der Waals surface area contributed by atoms with Gasteiger partial charge in [0, 0.05) is 63.8 Å². The minimum atomic E-state index is -5.08. The maximum atomic E-state index is 13.3. The fraction of sp³-hybridized carbons (Fsp3) is 0.640. The molecule has 2 fully saturated rings. The van der Waals surface area contributed by atoms with Crippen LogP contribution in [-0.2, 0) is 9.59 Å². The number of nitrogens with zero attached hydrogens (tertiary/aromatic N) is 3. The highest BCUT2D eigenvalue weighted by molar-refractivity contribution is 5.95. The number of alkyl halides is 3. The number of benzene rings is 1. The minimum Gasteiger partial charge on any atom is -0.497 e. The highest BCUT2D eigenvalue weighted by Crippen LogP contribution is 2.18. The molecule has 12 heteroatoms. The Morgan fingerprint density at radius 1 is 1.14 bits per heavy atom. The SMILES string of the molecule is COc1cccc(C(=O)N(CCC(=O)N2CCNCC2)CCN2CCCCC2C)c1.O=C(O)C(F)(F)F. The molecule has 0 aromatic heterocycles. The number of carbonyl (C=O) groups excluding carboxylic acids is 2. The van der Waals surface area contributed by atoms with Crippen LogP contribution in [0.25, 0.3) is 0 Å². The molecule has 1 aromatic carbocycles. The summed E-state index contributed by atoms with van der Waals surface area (Å²) in [5, 5.41) is 10.4. The van der Waals surface area contributed by atoms with Crippen molar-refractivity contribution in [3.05, 3.63) is 29.8 Å². The first-order valence-corrected chi connectivity index (χ1v) is 12.5. The van der Waals surface area contributed by atoms with Crippen LogP contribution in [-0.4, -0.2) is 109 Å². The van der Waals surface area contributed by atoms with Crippen molar-refractivity contribution in [3.63, 3.8) is 0 Å². The van der Waals surface area contributed by atoms with Gasteiger partial charge in [0.05, 0.1) is 7.11 Å². The lowest BCUT2D eigenvalue weighted by Crippen LogP contribution is -2.48. The highest BCUT2D eigenvalue weighted by Gasteiger charge is 2.38. The maximum absolute atomic E-state index is 13.3. The molecule has 1 atom stereocenters. The Hall–Kier alpha value is -2.86. The Labute approximate surface area is 215 Å².